The summed E-state index contributed by atoms with van der Waals surface area (Å²) in [7, 11) is -0.108. The summed E-state index contributed by atoms with van der Waals surface area (Å²) in [6, 6.07) is 8.96. The van der Waals surface area contributed by atoms with E-state index in [4.69, 9.17) is 14.0 Å². The van der Waals surface area contributed by atoms with Crippen molar-refractivity contribution < 1.29 is 14.0 Å². The molecule has 0 atom stereocenters. The third kappa shape index (κ3) is 4.20. The first-order chi connectivity index (χ1) is 11.4. The molecule has 0 saturated carbocycles. The predicted molar refractivity (Wildman–Crippen MR) is 97.1 cm³/mol. The van der Waals surface area contributed by atoms with Crippen LogP contribution in [0.5, 0.6) is 0 Å². The van der Waals surface area contributed by atoms with Crippen molar-refractivity contribution in [3.63, 3.8) is 0 Å². The Bertz CT molecular complexity index is 522. The van der Waals surface area contributed by atoms with Crippen LogP contribution in [0.25, 0.3) is 0 Å². The fourth-order valence-electron chi connectivity index (χ4n) is 3.20. The molecule has 132 valence electrons. The molecule has 24 heavy (non-hydrogen) atoms. The highest BCUT2D eigenvalue weighted by molar-refractivity contribution is 6.45. The largest absolute Gasteiger partial charge is 0.458 e. The zero-order valence-corrected chi connectivity index (χ0v) is 15.5. The van der Waals surface area contributed by atoms with E-state index >= 15 is 0 Å². The molecule has 0 amide bonds. The van der Waals surface area contributed by atoms with Crippen molar-refractivity contribution in [2.24, 2.45) is 0 Å². The Morgan fingerprint density at radius 1 is 0.917 bits per heavy atom. The average Bonchev–Trinajstić information content (AvgIpc) is 2.75. The molecule has 0 N–H and O–H groups in total. The van der Waals surface area contributed by atoms with Crippen molar-refractivity contribution >= 4 is 7.12 Å². The lowest BCUT2D eigenvalue weighted by atomic mass is 9.81. The molecule has 2 fully saturated rings. The monoisotopic (exact) mass is 331 g/mol. The number of nitrogens with zero attached hydrogens (tertiary/aromatic N) is 1. The number of hydrogen-bond donors (Lipinski definition) is 0. The molecule has 2 heterocycles. The first kappa shape index (κ1) is 17.9. The molecule has 2 saturated heterocycles. The van der Waals surface area contributed by atoms with E-state index in [1.165, 1.54) is 11.1 Å². The molecular formula is C19H30BNO3. The van der Waals surface area contributed by atoms with Crippen LogP contribution in [0.15, 0.2) is 24.3 Å². The number of ether oxygens (including phenoxy) is 1. The lowest BCUT2D eigenvalue weighted by molar-refractivity contribution is 0.00578. The van der Waals surface area contributed by atoms with Gasteiger partial charge in [0.25, 0.3) is 0 Å². The summed E-state index contributed by atoms with van der Waals surface area (Å²) in [5, 5.41) is 0. The Kier molecular flexibility index (Phi) is 5.35. The van der Waals surface area contributed by atoms with Gasteiger partial charge in [-0.3, -0.25) is 4.90 Å². The molecule has 0 unspecified atom stereocenters. The van der Waals surface area contributed by atoms with E-state index in [0.717, 1.165) is 45.6 Å². The number of morpholine rings is 1. The average molecular weight is 331 g/mol. The minimum absolute atomic E-state index is 0.108. The molecule has 3 rings (SSSR count). The SMILES string of the molecule is CC1(C)OB(CCc2ccc(CN3CCOCC3)cc2)OC1(C)C. The summed E-state index contributed by atoms with van der Waals surface area (Å²) >= 11 is 0. The zero-order valence-electron chi connectivity index (χ0n) is 15.5. The van der Waals surface area contributed by atoms with Crippen LogP contribution in [0, 0.1) is 0 Å². The van der Waals surface area contributed by atoms with Gasteiger partial charge in [-0.15, -0.1) is 0 Å². The molecule has 0 aromatic heterocycles. The molecular weight excluding hydrogens is 301 g/mol. The molecule has 0 bridgehead atoms. The van der Waals surface area contributed by atoms with Gasteiger partial charge in [-0.2, -0.15) is 0 Å². The van der Waals surface area contributed by atoms with Gasteiger partial charge in [0, 0.05) is 19.6 Å². The van der Waals surface area contributed by atoms with Crippen molar-refractivity contribution in [3.05, 3.63) is 35.4 Å². The van der Waals surface area contributed by atoms with Gasteiger partial charge in [0.2, 0.25) is 0 Å². The Hall–Kier alpha value is -0.875. The predicted octanol–water partition coefficient (Wildman–Crippen LogP) is 3.15. The summed E-state index contributed by atoms with van der Waals surface area (Å²) < 4.78 is 17.5. The topological polar surface area (TPSA) is 30.9 Å². The van der Waals surface area contributed by atoms with Gasteiger partial charge in [-0.25, -0.2) is 0 Å². The molecule has 1 aromatic rings. The van der Waals surface area contributed by atoms with E-state index < -0.39 is 0 Å². The van der Waals surface area contributed by atoms with E-state index in [1.807, 2.05) is 0 Å². The van der Waals surface area contributed by atoms with Crippen molar-refractivity contribution in [3.8, 4) is 0 Å². The highest BCUT2D eigenvalue weighted by Crippen LogP contribution is 2.37. The molecule has 0 radical (unpaired) electrons. The fourth-order valence-corrected chi connectivity index (χ4v) is 3.20. The van der Waals surface area contributed by atoms with E-state index in [0.29, 0.717) is 0 Å². The lowest BCUT2D eigenvalue weighted by Gasteiger charge is -2.32. The molecule has 4 nitrogen and oxygen atoms in total. The summed E-state index contributed by atoms with van der Waals surface area (Å²) in [5.74, 6) is 0. The Morgan fingerprint density at radius 2 is 1.46 bits per heavy atom. The second kappa shape index (κ2) is 7.16. The molecule has 1 aromatic carbocycles. The second-order valence-corrected chi connectivity index (χ2v) is 7.93. The first-order valence-electron chi connectivity index (χ1n) is 9.09. The number of benzene rings is 1. The Morgan fingerprint density at radius 3 is 2.04 bits per heavy atom. The molecule has 0 aliphatic carbocycles. The molecule has 2 aliphatic rings. The molecule has 5 heteroatoms. The zero-order chi connectivity index (χ0) is 17.2. The third-order valence-electron chi connectivity index (χ3n) is 5.50. The van der Waals surface area contributed by atoms with Gasteiger partial charge >= 0.3 is 7.12 Å². The number of hydrogen-bond acceptors (Lipinski definition) is 4. The summed E-state index contributed by atoms with van der Waals surface area (Å²) in [6.07, 6.45) is 1.88. The second-order valence-electron chi connectivity index (χ2n) is 7.93. The van der Waals surface area contributed by atoms with Crippen LogP contribution in [0.3, 0.4) is 0 Å². The Labute approximate surface area is 146 Å². The fraction of sp³-hybridized carbons (Fsp3) is 0.684. The Balaban J connectivity index is 1.48. The summed E-state index contributed by atoms with van der Waals surface area (Å²) in [4.78, 5) is 2.45. The lowest BCUT2D eigenvalue weighted by Crippen LogP contribution is -2.41. The smallest absolute Gasteiger partial charge is 0.403 e. The molecule has 2 aliphatic heterocycles. The van der Waals surface area contributed by atoms with Crippen LogP contribution < -0.4 is 0 Å². The van der Waals surface area contributed by atoms with Crippen LogP contribution in [0.2, 0.25) is 6.32 Å². The van der Waals surface area contributed by atoms with Crippen LogP contribution >= 0.6 is 0 Å². The minimum atomic E-state index is -0.236. The molecule has 0 spiro atoms. The normalized spacial score (nSPS) is 23.6. The van der Waals surface area contributed by atoms with Crippen molar-refractivity contribution in [1.29, 1.82) is 0 Å². The minimum Gasteiger partial charge on any atom is -0.403 e. The van der Waals surface area contributed by atoms with Gasteiger partial charge in [-0.1, -0.05) is 24.3 Å². The highest BCUT2D eigenvalue weighted by Gasteiger charge is 2.50. The van der Waals surface area contributed by atoms with Crippen LogP contribution in [-0.2, 0) is 27.0 Å². The quantitative estimate of drug-likeness (QED) is 0.776. The van der Waals surface area contributed by atoms with E-state index in [2.05, 4.69) is 56.9 Å². The van der Waals surface area contributed by atoms with E-state index in [9.17, 15) is 0 Å². The van der Waals surface area contributed by atoms with Crippen LogP contribution in [0.1, 0.15) is 38.8 Å². The van der Waals surface area contributed by atoms with Crippen molar-refractivity contribution in [1.82, 2.24) is 4.90 Å². The van der Waals surface area contributed by atoms with Gasteiger partial charge < -0.3 is 14.0 Å². The highest BCUT2D eigenvalue weighted by atomic mass is 16.7. The maximum absolute atomic E-state index is 6.07. The third-order valence-corrected chi connectivity index (χ3v) is 5.50. The standard InChI is InChI=1S/C19H30BNO3/c1-18(2)19(3,4)24-20(23-18)10-9-16-5-7-17(8-6-16)15-21-11-13-22-14-12-21/h5-8H,9-15H2,1-4H3. The van der Waals surface area contributed by atoms with E-state index in [-0.39, 0.29) is 18.3 Å². The van der Waals surface area contributed by atoms with Crippen LogP contribution in [0.4, 0.5) is 0 Å². The number of rotatable bonds is 5. The maximum atomic E-state index is 6.07. The number of aryl methyl sites for hydroxylation is 1. The van der Waals surface area contributed by atoms with Gasteiger partial charge in [-0.05, 0) is 51.6 Å². The van der Waals surface area contributed by atoms with Gasteiger partial charge in [0.05, 0.1) is 24.4 Å². The van der Waals surface area contributed by atoms with Gasteiger partial charge in [0.1, 0.15) is 0 Å². The van der Waals surface area contributed by atoms with Crippen LogP contribution in [-0.4, -0.2) is 49.5 Å². The summed E-state index contributed by atoms with van der Waals surface area (Å²) in [5.41, 5.74) is 2.24. The van der Waals surface area contributed by atoms with Crippen molar-refractivity contribution in [2.75, 3.05) is 26.3 Å². The summed E-state index contributed by atoms with van der Waals surface area (Å²) in [6.45, 7) is 13.2. The maximum Gasteiger partial charge on any atom is 0.458 e. The first-order valence-corrected chi connectivity index (χ1v) is 9.09. The van der Waals surface area contributed by atoms with Crippen molar-refractivity contribution in [2.45, 2.75) is 58.2 Å². The van der Waals surface area contributed by atoms with Gasteiger partial charge in [0.15, 0.2) is 0 Å². The van der Waals surface area contributed by atoms with E-state index in [1.54, 1.807) is 0 Å².